The zero-order valence-corrected chi connectivity index (χ0v) is 27.2. The molecule has 4 heterocycles. The largest absolute Gasteiger partial charge is 0.456 e. The number of aromatic nitrogens is 5. The second-order valence-corrected chi connectivity index (χ2v) is 12.9. The summed E-state index contributed by atoms with van der Waals surface area (Å²) in [6, 6.07) is 56.7. The van der Waals surface area contributed by atoms with Crippen LogP contribution < -0.4 is 0 Å². The van der Waals surface area contributed by atoms with Gasteiger partial charge in [-0.25, -0.2) is 4.98 Å². The van der Waals surface area contributed by atoms with Gasteiger partial charge in [-0.1, -0.05) is 103 Å². The number of fused-ring (bicyclic) bond motifs is 9. The van der Waals surface area contributed by atoms with Gasteiger partial charge in [0.05, 0.1) is 22.1 Å². The smallest absolute Gasteiger partial charge is 0.238 e. The van der Waals surface area contributed by atoms with E-state index in [9.17, 15) is 0 Å². The minimum absolute atomic E-state index is 0.572. The Morgan fingerprint density at radius 2 is 0.902 bits per heavy atom. The number of furan rings is 1. The monoisotopic (exact) mass is 653 g/mol. The normalized spacial score (nSPS) is 11.9. The molecule has 0 bridgehead atoms. The molecule has 6 heteroatoms. The molecule has 0 spiro atoms. The summed E-state index contributed by atoms with van der Waals surface area (Å²) in [6.07, 6.45) is 0. The zero-order chi connectivity index (χ0) is 33.5. The molecule has 11 aromatic rings. The highest BCUT2D eigenvalue weighted by molar-refractivity contribution is 6.17. The van der Waals surface area contributed by atoms with Gasteiger partial charge in [-0.2, -0.15) is 9.97 Å². The first kappa shape index (κ1) is 27.9. The highest BCUT2D eigenvalue weighted by Crippen LogP contribution is 2.39. The van der Waals surface area contributed by atoms with Gasteiger partial charge >= 0.3 is 0 Å². The Labute approximate surface area is 291 Å². The van der Waals surface area contributed by atoms with Gasteiger partial charge < -0.3 is 8.98 Å². The molecule has 0 radical (unpaired) electrons. The van der Waals surface area contributed by atoms with Crippen LogP contribution >= 0.6 is 0 Å². The van der Waals surface area contributed by atoms with Gasteiger partial charge in [0.2, 0.25) is 5.95 Å². The summed E-state index contributed by atoms with van der Waals surface area (Å²) >= 11 is 0. The number of hydrogen-bond acceptors (Lipinski definition) is 4. The van der Waals surface area contributed by atoms with Gasteiger partial charge in [-0.3, -0.25) is 4.57 Å². The molecule has 7 aromatic carbocycles. The van der Waals surface area contributed by atoms with Crippen molar-refractivity contribution >= 4 is 65.6 Å². The van der Waals surface area contributed by atoms with Crippen molar-refractivity contribution in [1.82, 2.24) is 24.1 Å². The number of rotatable bonds is 4. The Bertz CT molecular complexity index is 3080. The molecular formula is C45H27N5O. The minimum atomic E-state index is 0.572. The Balaban J connectivity index is 1.16. The SMILES string of the molecule is c1ccc(-c2nc(-c3ccc4oc5cc6c7ccccc7n(-c7ccccc7)c6cc5c4c3)nc(-n3c4ccccc4c4ccccc43)n2)cc1. The van der Waals surface area contributed by atoms with E-state index in [1.807, 2.05) is 42.5 Å². The lowest BCUT2D eigenvalue weighted by Gasteiger charge is -2.11. The lowest BCUT2D eigenvalue weighted by molar-refractivity contribution is 0.669. The molecule has 0 N–H and O–H groups in total. The molecule has 0 fully saturated rings. The maximum Gasteiger partial charge on any atom is 0.238 e. The van der Waals surface area contributed by atoms with Gasteiger partial charge in [0.25, 0.3) is 0 Å². The van der Waals surface area contributed by atoms with E-state index in [0.717, 1.165) is 77.0 Å². The van der Waals surface area contributed by atoms with Crippen molar-refractivity contribution in [3.05, 3.63) is 164 Å². The first-order chi connectivity index (χ1) is 25.3. The third-order valence-electron chi connectivity index (χ3n) is 9.97. The van der Waals surface area contributed by atoms with Crippen LogP contribution in [-0.2, 0) is 0 Å². The Morgan fingerprint density at radius 3 is 1.59 bits per heavy atom. The standard InChI is InChI=1S/C45H27N5O/c1-3-13-28(14-4-1)43-46-44(48-45(47-43)50-38-21-11-7-17-31(38)32-18-8-12-22-39(32)50)29-23-24-41-35(25-29)36-26-40-34(27-42(36)51-41)33-19-9-10-20-37(33)49(40)30-15-5-2-6-16-30/h1-27H. The van der Waals surface area contributed by atoms with Crippen LogP contribution in [0.2, 0.25) is 0 Å². The van der Waals surface area contributed by atoms with Crippen LogP contribution in [0.4, 0.5) is 0 Å². The number of para-hydroxylation sites is 4. The zero-order valence-electron chi connectivity index (χ0n) is 27.2. The first-order valence-electron chi connectivity index (χ1n) is 17.0. The summed E-state index contributed by atoms with van der Waals surface area (Å²) in [7, 11) is 0. The van der Waals surface area contributed by atoms with E-state index in [4.69, 9.17) is 19.4 Å². The van der Waals surface area contributed by atoms with Crippen molar-refractivity contribution in [2.45, 2.75) is 0 Å². The summed E-state index contributed by atoms with van der Waals surface area (Å²) in [4.78, 5) is 15.3. The van der Waals surface area contributed by atoms with E-state index < -0.39 is 0 Å². The van der Waals surface area contributed by atoms with Crippen molar-refractivity contribution < 1.29 is 4.42 Å². The number of benzene rings is 7. The topological polar surface area (TPSA) is 61.7 Å². The van der Waals surface area contributed by atoms with Crippen molar-refractivity contribution in [1.29, 1.82) is 0 Å². The fraction of sp³-hybridized carbons (Fsp3) is 0. The molecule has 0 aliphatic rings. The van der Waals surface area contributed by atoms with E-state index in [1.54, 1.807) is 0 Å². The molecule has 6 nitrogen and oxygen atoms in total. The van der Waals surface area contributed by atoms with Crippen molar-refractivity contribution in [3.8, 4) is 34.4 Å². The molecule has 0 aliphatic heterocycles. The quantitative estimate of drug-likeness (QED) is 0.190. The van der Waals surface area contributed by atoms with E-state index in [-0.39, 0.29) is 0 Å². The van der Waals surface area contributed by atoms with Crippen LogP contribution in [0, 0.1) is 0 Å². The van der Waals surface area contributed by atoms with E-state index >= 15 is 0 Å². The molecule has 0 aliphatic carbocycles. The Hall–Kier alpha value is -7.05. The molecule has 0 amide bonds. The van der Waals surface area contributed by atoms with Crippen LogP contribution in [0.1, 0.15) is 0 Å². The van der Waals surface area contributed by atoms with Crippen LogP contribution in [0.15, 0.2) is 168 Å². The molecule has 238 valence electrons. The Morgan fingerprint density at radius 1 is 0.353 bits per heavy atom. The highest BCUT2D eigenvalue weighted by Gasteiger charge is 2.20. The molecule has 0 saturated carbocycles. The summed E-state index contributed by atoms with van der Waals surface area (Å²) in [5.41, 5.74) is 8.97. The van der Waals surface area contributed by atoms with Crippen molar-refractivity contribution in [2.75, 3.05) is 0 Å². The third-order valence-corrected chi connectivity index (χ3v) is 9.97. The molecular weight excluding hydrogens is 627 g/mol. The number of nitrogens with zero attached hydrogens (tertiary/aromatic N) is 5. The molecule has 51 heavy (non-hydrogen) atoms. The van der Waals surface area contributed by atoms with Crippen molar-refractivity contribution in [2.24, 2.45) is 0 Å². The highest BCUT2D eigenvalue weighted by atomic mass is 16.3. The van der Waals surface area contributed by atoms with E-state index in [1.165, 1.54) is 5.39 Å². The second-order valence-electron chi connectivity index (χ2n) is 12.9. The third kappa shape index (κ3) is 4.20. The molecule has 0 unspecified atom stereocenters. The second kappa shape index (κ2) is 10.7. The average Bonchev–Trinajstić information content (AvgIpc) is 3.84. The van der Waals surface area contributed by atoms with Gasteiger partial charge in [0.15, 0.2) is 11.6 Å². The minimum Gasteiger partial charge on any atom is -0.456 e. The van der Waals surface area contributed by atoms with Crippen LogP contribution in [0.5, 0.6) is 0 Å². The summed E-state index contributed by atoms with van der Waals surface area (Å²) in [6.45, 7) is 0. The summed E-state index contributed by atoms with van der Waals surface area (Å²) in [5, 5.41) is 6.70. The van der Waals surface area contributed by atoms with Crippen LogP contribution in [-0.4, -0.2) is 24.1 Å². The summed E-state index contributed by atoms with van der Waals surface area (Å²) in [5.74, 6) is 1.78. The average molecular weight is 654 g/mol. The Kier molecular flexibility index (Phi) is 5.86. The van der Waals surface area contributed by atoms with Gasteiger partial charge in [0.1, 0.15) is 11.2 Å². The predicted octanol–water partition coefficient (Wildman–Crippen LogP) is 11.3. The first-order valence-corrected chi connectivity index (χ1v) is 17.0. The van der Waals surface area contributed by atoms with Crippen molar-refractivity contribution in [3.63, 3.8) is 0 Å². The van der Waals surface area contributed by atoms with Crippen LogP contribution in [0.25, 0.3) is 100.0 Å². The fourth-order valence-electron chi connectivity index (χ4n) is 7.68. The molecule has 11 rings (SSSR count). The van der Waals surface area contributed by atoms with Gasteiger partial charge in [0, 0.05) is 49.1 Å². The lowest BCUT2D eigenvalue weighted by Crippen LogP contribution is -2.06. The van der Waals surface area contributed by atoms with E-state index in [2.05, 4.69) is 130 Å². The number of hydrogen-bond donors (Lipinski definition) is 0. The summed E-state index contributed by atoms with van der Waals surface area (Å²) < 4.78 is 11.0. The van der Waals surface area contributed by atoms with Gasteiger partial charge in [-0.05, 0) is 60.7 Å². The maximum absolute atomic E-state index is 6.52. The predicted molar refractivity (Wildman–Crippen MR) is 207 cm³/mol. The van der Waals surface area contributed by atoms with E-state index in [0.29, 0.717) is 17.6 Å². The molecule has 4 aromatic heterocycles. The fourth-order valence-corrected chi connectivity index (χ4v) is 7.68. The lowest BCUT2D eigenvalue weighted by atomic mass is 10.1. The van der Waals surface area contributed by atoms with Crippen LogP contribution in [0.3, 0.4) is 0 Å². The van der Waals surface area contributed by atoms with Gasteiger partial charge in [-0.15, -0.1) is 0 Å². The molecule has 0 atom stereocenters. The molecule has 0 saturated heterocycles. The maximum atomic E-state index is 6.52.